The fraction of sp³-hybridized carbons (Fsp3) is 0.917. The highest BCUT2D eigenvalue weighted by Crippen LogP contribution is 2.25. The summed E-state index contributed by atoms with van der Waals surface area (Å²) < 4.78 is 0. The number of hydrogen-bond acceptors (Lipinski definition) is 3. The van der Waals surface area contributed by atoms with Crippen LogP contribution in [0.3, 0.4) is 0 Å². The van der Waals surface area contributed by atoms with Gasteiger partial charge in [-0.1, -0.05) is 20.3 Å². The molecule has 1 amide bonds. The molecule has 3 atom stereocenters. The van der Waals surface area contributed by atoms with Crippen LogP contribution in [0.2, 0.25) is 0 Å². The van der Waals surface area contributed by atoms with E-state index in [1.165, 1.54) is 17.9 Å². The summed E-state index contributed by atoms with van der Waals surface area (Å²) in [7, 11) is 0. The maximum Gasteiger partial charge on any atom is 0.241 e. The van der Waals surface area contributed by atoms with Gasteiger partial charge in [0.1, 0.15) is 0 Å². The van der Waals surface area contributed by atoms with E-state index < -0.39 is 0 Å². The average molecular weight is 242 g/mol. The zero-order chi connectivity index (χ0) is 11.5. The van der Waals surface area contributed by atoms with Crippen LogP contribution in [0.15, 0.2) is 0 Å². The van der Waals surface area contributed by atoms with Gasteiger partial charge in [0.15, 0.2) is 0 Å². The molecule has 3 unspecified atom stereocenters. The minimum atomic E-state index is 0.0686. The zero-order valence-corrected chi connectivity index (χ0v) is 11.1. The van der Waals surface area contributed by atoms with Gasteiger partial charge < -0.3 is 4.90 Å². The molecule has 2 saturated heterocycles. The average Bonchev–Trinajstić information content (AvgIpc) is 2.90. The molecule has 2 fully saturated rings. The molecule has 2 aliphatic rings. The SMILES string of the molecule is CCC(C)C1NCN(CC2CCSC2)C1=O. The van der Waals surface area contributed by atoms with Gasteiger partial charge in [-0.05, 0) is 29.8 Å². The largest absolute Gasteiger partial charge is 0.328 e. The van der Waals surface area contributed by atoms with Crippen molar-refractivity contribution in [2.24, 2.45) is 11.8 Å². The van der Waals surface area contributed by atoms with Gasteiger partial charge in [-0.3, -0.25) is 10.1 Å². The molecule has 3 nitrogen and oxygen atoms in total. The minimum absolute atomic E-state index is 0.0686. The Kier molecular flexibility index (Phi) is 4.14. The molecule has 0 spiro atoms. The number of carbonyl (C=O) groups excluding carboxylic acids is 1. The van der Waals surface area contributed by atoms with E-state index in [-0.39, 0.29) is 6.04 Å². The number of nitrogens with one attached hydrogen (secondary N) is 1. The first-order chi connectivity index (χ1) is 7.72. The van der Waals surface area contributed by atoms with Gasteiger partial charge in [-0.25, -0.2) is 0 Å². The zero-order valence-electron chi connectivity index (χ0n) is 10.2. The van der Waals surface area contributed by atoms with Gasteiger partial charge in [0, 0.05) is 6.54 Å². The van der Waals surface area contributed by atoms with E-state index in [0.717, 1.165) is 25.6 Å². The van der Waals surface area contributed by atoms with Crippen molar-refractivity contribution in [3.05, 3.63) is 0 Å². The summed E-state index contributed by atoms with van der Waals surface area (Å²) in [6.45, 7) is 6.03. The van der Waals surface area contributed by atoms with Crippen LogP contribution in [-0.4, -0.2) is 41.6 Å². The summed E-state index contributed by atoms with van der Waals surface area (Å²) in [6, 6.07) is 0.0686. The lowest BCUT2D eigenvalue weighted by atomic mass is 9.99. The van der Waals surface area contributed by atoms with Crippen molar-refractivity contribution in [1.29, 1.82) is 0 Å². The lowest BCUT2D eigenvalue weighted by Gasteiger charge is -2.20. The lowest BCUT2D eigenvalue weighted by molar-refractivity contribution is -0.130. The maximum absolute atomic E-state index is 12.2. The predicted molar refractivity (Wildman–Crippen MR) is 68.4 cm³/mol. The van der Waals surface area contributed by atoms with Crippen LogP contribution in [0.25, 0.3) is 0 Å². The third kappa shape index (κ3) is 2.54. The Morgan fingerprint density at radius 3 is 3.06 bits per heavy atom. The van der Waals surface area contributed by atoms with E-state index >= 15 is 0 Å². The van der Waals surface area contributed by atoms with Crippen molar-refractivity contribution >= 4 is 17.7 Å². The Hall–Kier alpha value is -0.220. The summed E-state index contributed by atoms with van der Waals surface area (Å²) in [5.74, 6) is 4.01. The second-order valence-electron chi connectivity index (χ2n) is 5.02. The third-order valence-corrected chi connectivity index (χ3v) is 5.03. The second-order valence-corrected chi connectivity index (χ2v) is 6.17. The molecule has 0 bridgehead atoms. The summed E-state index contributed by atoms with van der Waals surface area (Å²) in [6.07, 6.45) is 2.35. The van der Waals surface area contributed by atoms with Gasteiger partial charge in [-0.15, -0.1) is 0 Å². The predicted octanol–water partition coefficient (Wildman–Crippen LogP) is 1.54. The molecule has 16 heavy (non-hydrogen) atoms. The quantitative estimate of drug-likeness (QED) is 0.812. The standard InChI is InChI=1S/C12H22N2OS/c1-3-9(2)11-12(15)14(8-13-11)6-10-4-5-16-7-10/h9-11,13H,3-8H2,1-2H3. The number of nitrogens with zero attached hydrogens (tertiary/aromatic N) is 1. The minimum Gasteiger partial charge on any atom is -0.328 e. The number of rotatable bonds is 4. The molecule has 92 valence electrons. The van der Waals surface area contributed by atoms with Crippen LogP contribution in [0.5, 0.6) is 0 Å². The molecule has 4 heteroatoms. The van der Waals surface area contributed by atoms with E-state index in [0.29, 0.717) is 11.8 Å². The van der Waals surface area contributed by atoms with Crippen molar-refractivity contribution < 1.29 is 4.79 Å². The van der Waals surface area contributed by atoms with E-state index in [9.17, 15) is 4.79 Å². The van der Waals surface area contributed by atoms with Crippen molar-refractivity contribution in [2.75, 3.05) is 24.7 Å². The second kappa shape index (κ2) is 5.41. The number of thioether (sulfide) groups is 1. The van der Waals surface area contributed by atoms with Crippen molar-refractivity contribution in [2.45, 2.75) is 32.7 Å². The summed E-state index contributed by atoms with van der Waals surface area (Å²) >= 11 is 2.02. The summed E-state index contributed by atoms with van der Waals surface area (Å²) in [4.78, 5) is 14.2. The summed E-state index contributed by atoms with van der Waals surface area (Å²) in [5.41, 5.74) is 0. The Morgan fingerprint density at radius 2 is 2.44 bits per heavy atom. The van der Waals surface area contributed by atoms with Gasteiger partial charge >= 0.3 is 0 Å². The molecule has 1 N–H and O–H groups in total. The first-order valence-corrected chi connectivity index (χ1v) is 7.47. The molecule has 0 aromatic rings. The smallest absolute Gasteiger partial charge is 0.241 e. The fourth-order valence-electron chi connectivity index (χ4n) is 2.44. The third-order valence-electron chi connectivity index (χ3n) is 3.80. The van der Waals surface area contributed by atoms with E-state index in [4.69, 9.17) is 0 Å². The Morgan fingerprint density at radius 1 is 1.62 bits per heavy atom. The van der Waals surface area contributed by atoms with Crippen LogP contribution in [-0.2, 0) is 4.79 Å². The fourth-order valence-corrected chi connectivity index (χ4v) is 3.72. The van der Waals surface area contributed by atoms with Crippen LogP contribution >= 0.6 is 11.8 Å². The first kappa shape index (κ1) is 12.2. The van der Waals surface area contributed by atoms with E-state index in [1.54, 1.807) is 0 Å². The van der Waals surface area contributed by atoms with E-state index in [1.807, 2.05) is 16.7 Å². The Labute approximate surface area is 102 Å². The molecular formula is C12H22N2OS. The number of amides is 1. The molecule has 0 radical (unpaired) electrons. The van der Waals surface area contributed by atoms with Crippen molar-refractivity contribution in [3.63, 3.8) is 0 Å². The highest BCUT2D eigenvalue weighted by atomic mass is 32.2. The van der Waals surface area contributed by atoms with Crippen molar-refractivity contribution in [3.8, 4) is 0 Å². The van der Waals surface area contributed by atoms with Crippen LogP contribution in [0, 0.1) is 11.8 Å². The molecule has 0 saturated carbocycles. The molecule has 0 aromatic heterocycles. The highest BCUT2D eigenvalue weighted by Gasteiger charge is 2.35. The Bertz CT molecular complexity index is 253. The molecule has 2 aliphatic heterocycles. The molecule has 2 rings (SSSR count). The van der Waals surface area contributed by atoms with E-state index in [2.05, 4.69) is 19.2 Å². The topological polar surface area (TPSA) is 32.3 Å². The molecular weight excluding hydrogens is 220 g/mol. The highest BCUT2D eigenvalue weighted by molar-refractivity contribution is 7.99. The summed E-state index contributed by atoms with van der Waals surface area (Å²) in [5, 5.41) is 3.35. The maximum atomic E-state index is 12.2. The first-order valence-electron chi connectivity index (χ1n) is 6.32. The molecule has 0 aliphatic carbocycles. The van der Waals surface area contributed by atoms with Gasteiger partial charge in [0.05, 0.1) is 12.7 Å². The van der Waals surface area contributed by atoms with Crippen LogP contribution in [0.1, 0.15) is 26.7 Å². The normalized spacial score (nSPS) is 32.4. The van der Waals surface area contributed by atoms with Crippen LogP contribution < -0.4 is 5.32 Å². The van der Waals surface area contributed by atoms with Gasteiger partial charge in [-0.2, -0.15) is 11.8 Å². The van der Waals surface area contributed by atoms with Gasteiger partial charge in [0.25, 0.3) is 0 Å². The molecule has 0 aromatic carbocycles. The Balaban J connectivity index is 1.86. The van der Waals surface area contributed by atoms with Gasteiger partial charge in [0.2, 0.25) is 5.91 Å². The lowest BCUT2D eigenvalue weighted by Crippen LogP contribution is -2.37. The molecule has 2 heterocycles. The number of hydrogen-bond donors (Lipinski definition) is 1. The number of carbonyl (C=O) groups is 1. The van der Waals surface area contributed by atoms with Crippen molar-refractivity contribution in [1.82, 2.24) is 10.2 Å². The monoisotopic (exact) mass is 242 g/mol. The van der Waals surface area contributed by atoms with Crippen LogP contribution in [0.4, 0.5) is 0 Å².